The molecule has 0 aromatic heterocycles. The minimum atomic E-state index is -0.339. The lowest BCUT2D eigenvalue weighted by atomic mass is 10.6. The molecule has 0 atom stereocenters. The van der Waals surface area contributed by atoms with Crippen molar-refractivity contribution < 1.29 is 10.2 Å². The minimum absolute atomic E-state index is 0.245. The van der Waals surface area contributed by atoms with Gasteiger partial charge in [0.1, 0.15) is 0 Å². The van der Waals surface area contributed by atoms with Crippen molar-refractivity contribution in [1.29, 1.82) is 0 Å². The molecule has 5 N–H and O–H groups in total. The van der Waals surface area contributed by atoms with Crippen molar-refractivity contribution >= 4 is 5.90 Å². The molecule has 0 aromatic carbocycles. The van der Waals surface area contributed by atoms with Crippen LogP contribution in [-0.4, -0.2) is 21.3 Å². The second-order valence-corrected chi connectivity index (χ2v) is 1.44. The number of aliphatic hydroxyl groups excluding tert-OH is 2. The normalized spacial score (nSPS) is 18.1. The average Bonchev–Trinajstić information content (AvgIpc) is 1.59. The van der Waals surface area contributed by atoms with E-state index in [0.717, 1.165) is 6.08 Å². The van der Waals surface area contributed by atoms with Gasteiger partial charge < -0.3 is 10.2 Å². The SMILES string of the molecule is NN1N=C(O)C=C(O)N1. The molecule has 1 aliphatic heterocycles. The number of hydrazine groups is 2. The van der Waals surface area contributed by atoms with Crippen LogP contribution in [-0.2, 0) is 0 Å². The molecule has 0 bridgehead atoms. The molecule has 1 heterocycles. The Morgan fingerprint density at radius 2 is 2.33 bits per heavy atom. The van der Waals surface area contributed by atoms with E-state index in [0.29, 0.717) is 5.23 Å². The highest BCUT2D eigenvalue weighted by atomic mass is 16.3. The number of nitrogens with two attached hydrogens (primary N) is 1. The summed E-state index contributed by atoms with van der Waals surface area (Å²) in [4.78, 5) is 0. The van der Waals surface area contributed by atoms with E-state index in [4.69, 9.17) is 16.1 Å². The van der Waals surface area contributed by atoms with Crippen molar-refractivity contribution in [3.05, 3.63) is 12.0 Å². The molecular formula is C3H6N4O2. The number of hydrogen-bond donors (Lipinski definition) is 4. The summed E-state index contributed by atoms with van der Waals surface area (Å²) in [5.74, 6) is 4.40. The third-order valence-corrected chi connectivity index (χ3v) is 0.705. The van der Waals surface area contributed by atoms with Crippen molar-refractivity contribution in [3.8, 4) is 0 Å². The summed E-state index contributed by atoms with van der Waals surface area (Å²) in [5, 5.41) is 21.2. The van der Waals surface area contributed by atoms with E-state index in [1.807, 2.05) is 0 Å². The van der Waals surface area contributed by atoms with Gasteiger partial charge >= 0.3 is 0 Å². The predicted molar refractivity (Wildman–Crippen MR) is 29.9 cm³/mol. The highest BCUT2D eigenvalue weighted by Crippen LogP contribution is 1.91. The summed E-state index contributed by atoms with van der Waals surface area (Å²) in [6.45, 7) is 0. The van der Waals surface area contributed by atoms with E-state index in [1.54, 1.807) is 0 Å². The Bertz CT molecular complexity index is 175. The number of rotatable bonds is 0. The van der Waals surface area contributed by atoms with E-state index >= 15 is 0 Å². The molecule has 0 saturated carbocycles. The zero-order valence-corrected chi connectivity index (χ0v) is 4.44. The molecular weight excluding hydrogens is 124 g/mol. The lowest BCUT2D eigenvalue weighted by Gasteiger charge is -2.16. The van der Waals surface area contributed by atoms with Crippen molar-refractivity contribution in [2.75, 3.05) is 0 Å². The van der Waals surface area contributed by atoms with Crippen LogP contribution in [0.5, 0.6) is 0 Å². The molecule has 0 aliphatic carbocycles. The van der Waals surface area contributed by atoms with Crippen LogP contribution in [0.4, 0.5) is 0 Å². The topological polar surface area (TPSA) is 94.1 Å². The summed E-state index contributed by atoms with van der Waals surface area (Å²) < 4.78 is 0. The highest BCUT2D eigenvalue weighted by Gasteiger charge is 2.05. The second-order valence-electron chi connectivity index (χ2n) is 1.44. The maximum Gasteiger partial charge on any atom is 0.237 e. The largest absolute Gasteiger partial charge is 0.493 e. The first-order valence-corrected chi connectivity index (χ1v) is 2.18. The van der Waals surface area contributed by atoms with Gasteiger partial charge in [-0.25, -0.2) is 11.3 Å². The summed E-state index contributed by atoms with van der Waals surface area (Å²) >= 11 is 0. The van der Waals surface area contributed by atoms with Crippen LogP contribution in [0, 0.1) is 0 Å². The average molecular weight is 130 g/mol. The Morgan fingerprint density at radius 1 is 1.67 bits per heavy atom. The Kier molecular flexibility index (Phi) is 1.16. The van der Waals surface area contributed by atoms with Gasteiger partial charge in [0.05, 0.1) is 6.08 Å². The first-order chi connectivity index (χ1) is 4.18. The number of aliphatic hydroxyl groups is 2. The number of nitrogens with one attached hydrogen (secondary N) is 1. The Morgan fingerprint density at radius 3 is 2.78 bits per heavy atom. The monoisotopic (exact) mass is 130 g/mol. The van der Waals surface area contributed by atoms with Gasteiger partial charge in [-0.15, -0.1) is 10.3 Å². The summed E-state index contributed by atoms with van der Waals surface area (Å²) in [6.07, 6.45) is 1.03. The zero-order chi connectivity index (χ0) is 6.85. The van der Waals surface area contributed by atoms with E-state index in [-0.39, 0.29) is 11.8 Å². The van der Waals surface area contributed by atoms with Crippen molar-refractivity contribution in [2.24, 2.45) is 10.9 Å². The maximum atomic E-state index is 8.64. The molecule has 0 unspecified atom stereocenters. The molecule has 0 fully saturated rings. The molecule has 0 saturated heterocycles. The van der Waals surface area contributed by atoms with Crippen LogP contribution in [0.2, 0.25) is 0 Å². The van der Waals surface area contributed by atoms with Crippen LogP contribution in [0.1, 0.15) is 0 Å². The predicted octanol–water partition coefficient (Wildman–Crippen LogP) is -1.05. The molecule has 9 heavy (non-hydrogen) atoms. The van der Waals surface area contributed by atoms with Crippen LogP contribution < -0.4 is 11.3 Å². The lowest BCUT2D eigenvalue weighted by molar-refractivity contribution is 0.162. The molecule has 0 amide bonds. The van der Waals surface area contributed by atoms with Gasteiger partial charge in [-0.1, -0.05) is 0 Å². The fourth-order valence-electron chi connectivity index (χ4n) is 0.436. The lowest BCUT2D eigenvalue weighted by Crippen LogP contribution is -2.41. The highest BCUT2D eigenvalue weighted by molar-refractivity contribution is 5.86. The third kappa shape index (κ3) is 1.23. The van der Waals surface area contributed by atoms with Crippen LogP contribution in [0.15, 0.2) is 17.1 Å². The fraction of sp³-hybridized carbons (Fsp3) is 0. The van der Waals surface area contributed by atoms with Gasteiger partial charge in [0, 0.05) is 0 Å². The fourth-order valence-corrected chi connectivity index (χ4v) is 0.436. The standard InChI is InChI=1S/C3H6N4O2/c4-7-5-2(8)1-3(9)6-7/h1,5,8H,4H2,(H,6,9). The summed E-state index contributed by atoms with van der Waals surface area (Å²) in [6, 6.07) is 0. The van der Waals surface area contributed by atoms with E-state index in [9.17, 15) is 0 Å². The van der Waals surface area contributed by atoms with E-state index in [2.05, 4.69) is 10.5 Å². The Hall–Kier alpha value is -1.43. The van der Waals surface area contributed by atoms with Gasteiger partial charge in [-0.3, -0.25) is 0 Å². The number of nitrogens with zero attached hydrogens (tertiary/aromatic N) is 2. The molecule has 0 aromatic rings. The van der Waals surface area contributed by atoms with Crippen molar-refractivity contribution in [1.82, 2.24) is 10.7 Å². The molecule has 6 nitrogen and oxygen atoms in total. The second kappa shape index (κ2) is 1.82. The van der Waals surface area contributed by atoms with Crippen LogP contribution in [0.3, 0.4) is 0 Å². The Labute approximate surface area is 50.8 Å². The molecule has 0 spiro atoms. The molecule has 6 heteroatoms. The van der Waals surface area contributed by atoms with E-state index in [1.165, 1.54) is 0 Å². The van der Waals surface area contributed by atoms with Gasteiger partial charge in [-0.2, -0.15) is 0 Å². The smallest absolute Gasteiger partial charge is 0.237 e. The first kappa shape index (κ1) is 5.70. The van der Waals surface area contributed by atoms with Gasteiger partial charge in [0.25, 0.3) is 0 Å². The summed E-state index contributed by atoms with van der Waals surface area (Å²) in [7, 11) is 0. The van der Waals surface area contributed by atoms with Crippen molar-refractivity contribution in [3.63, 3.8) is 0 Å². The number of hydrazone groups is 1. The minimum Gasteiger partial charge on any atom is -0.493 e. The maximum absolute atomic E-state index is 8.64. The van der Waals surface area contributed by atoms with Crippen LogP contribution in [0.25, 0.3) is 0 Å². The van der Waals surface area contributed by atoms with E-state index < -0.39 is 0 Å². The molecule has 1 rings (SSSR count). The molecule has 1 aliphatic rings. The summed E-state index contributed by atoms with van der Waals surface area (Å²) in [5.41, 5.74) is 2.19. The quantitative estimate of drug-likeness (QED) is 0.314. The Balaban J connectivity index is 2.74. The first-order valence-electron chi connectivity index (χ1n) is 2.18. The van der Waals surface area contributed by atoms with Crippen molar-refractivity contribution in [2.45, 2.75) is 0 Å². The molecule has 50 valence electrons. The van der Waals surface area contributed by atoms with Gasteiger partial charge in [-0.05, 0) is 0 Å². The van der Waals surface area contributed by atoms with Crippen LogP contribution >= 0.6 is 0 Å². The molecule has 0 radical (unpaired) electrons. The van der Waals surface area contributed by atoms with Gasteiger partial charge in [0.15, 0.2) is 0 Å². The zero-order valence-electron chi connectivity index (χ0n) is 4.44. The number of hydrogen-bond acceptors (Lipinski definition) is 5. The van der Waals surface area contributed by atoms with Gasteiger partial charge in [0.2, 0.25) is 11.8 Å². The third-order valence-electron chi connectivity index (χ3n) is 0.705.